The van der Waals surface area contributed by atoms with Crippen molar-refractivity contribution < 1.29 is 9.84 Å². The van der Waals surface area contributed by atoms with E-state index < -0.39 is 0 Å². The molecular weight excluding hydrogens is 166 g/mol. The highest BCUT2D eigenvalue weighted by atomic mass is 16.5. The smallest absolute Gasteiger partial charge is 0.0710 e. The molecule has 76 valence electrons. The van der Waals surface area contributed by atoms with Crippen molar-refractivity contribution >= 4 is 0 Å². The first-order valence-electron chi connectivity index (χ1n) is 5.26. The molecule has 2 aliphatic rings. The first-order chi connectivity index (χ1) is 6.31. The molecule has 3 atom stereocenters. The molecule has 0 aromatic rings. The fraction of sp³-hybridized carbons (Fsp3) is 1.00. The van der Waals surface area contributed by atoms with Gasteiger partial charge in [0.05, 0.1) is 12.2 Å². The van der Waals surface area contributed by atoms with Crippen LogP contribution in [-0.2, 0) is 4.74 Å². The van der Waals surface area contributed by atoms with Crippen LogP contribution < -0.4 is 0 Å². The topological polar surface area (TPSA) is 32.7 Å². The minimum absolute atomic E-state index is 0.0874. The second-order valence-electron chi connectivity index (χ2n) is 4.21. The van der Waals surface area contributed by atoms with Crippen molar-refractivity contribution in [2.24, 2.45) is 0 Å². The van der Waals surface area contributed by atoms with Crippen molar-refractivity contribution in [2.75, 3.05) is 20.2 Å². The zero-order valence-corrected chi connectivity index (χ0v) is 8.28. The predicted octanol–water partition coefficient (Wildman–Crippen LogP) is 0.620. The zero-order valence-electron chi connectivity index (χ0n) is 8.28. The fourth-order valence-corrected chi connectivity index (χ4v) is 2.59. The molecule has 1 N–H and O–H groups in total. The first-order valence-corrected chi connectivity index (χ1v) is 5.26. The molecule has 0 radical (unpaired) electrons. The Morgan fingerprint density at radius 1 is 1.31 bits per heavy atom. The van der Waals surface area contributed by atoms with E-state index in [4.69, 9.17) is 4.74 Å². The Morgan fingerprint density at radius 2 is 2.15 bits per heavy atom. The van der Waals surface area contributed by atoms with Crippen molar-refractivity contribution in [1.82, 2.24) is 4.90 Å². The lowest BCUT2D eigenvalue weighted by molar-refractivity contribution is 0.0636. The fourth-order valence-electron chi connectivity index (χ4n) is 2.59. The van der Waals surface area contributed by atoms with Gasteiger partial charge in [-0.15, -0.1) is 0 Å². The molecule has 0 spiro atoms. The minimum atomic E-state index is -0.0874. The lowest BCUT2D eigenvalue weighted by Gasteiger charge is -2.26. The molecule has 13 heavy (non-hydrogen) atoms. The number of rotatable bonds is 2. The highest BCUT2D eigenvalue weighted by Gasteiger charge is 2.34. The molecule has 3 nitrogen and oxygen atoms in total. The van der Waals surface area contributed by atoms with Crippen LogP contribution >= 0.6 is 0 Å². The number of aliphatic hydroxyl groups is 1. The Hall–Kier alpha value is -0.120. The van der Waals surface area contributed by atoms with Crippen LogP contribution in [0.25, 0.3) is 0 Å². The minimum Gasteiger partial charge on any atom is -0.391 e. The Kier molecular flexibility index (Phi) is 2.86. The van der Waals surface area contributed by atoms with Gasteiger partial charge in [0.25, 0.3) is 0 Å². The Bertz CT molecular complexity index is 174. The second kappa shape index (κ2) is 3.95. The van der Waals surface area contributed by atoms with Crippen LogP contribution in [0.3, 0.4) is 0 Å². The largest absolute Gasteiger partial charge is 0.391 e. The van der Waals surface area contributed by atoms with Crippen LogP contribution in [0.4, 0.5) is 0 Å². The number of aliphatic hydroxyl groups excluding tert-OH is 1. The monoisotopic (exact) mass is 185 g/mol. The number of hydrogen-bond acceptors (Lipinski definition) is 3. The summed E-state index contributed by atoms with van der Waals surface area (Å²) in [5, 5.41) is 9.73. The van der Waals surface area contributed by atoms with Gasteiger partial charge >= 0.3 is 0 Å². The molecule has 1 saturated carbocycles. The van der Waals surface area contributed by atoms with Gasteiger partial charge in [0.1, 0.15) is 0 Å². The van der Waals surface area contributed by atoms with E-state index in [1.54, 1.807) is 7.11 Å². The molecule has 1 aliphatic carbocycles. The van der Waals surface area contributed by atoms with Crippen molar-refractivity contribution in [3.63, 3.8) is 0 Å². The maximum absolute atomic E-state index is 9.73. The molecular formula is C10H19NO2. The van der Waals surface area contributed by atoms with E-state index in [2.05, 4.69) is 4.90 Å². The standard InChI is InChI=1S/C10H19NO2/c1-13-8-5-6-11(7-8)9-3-2-4-10(9)12/h8-10,12H,2-7H2,1H3. The SMILES string of the molecule is COC1CCN(C2CCCC2O)C1. The average Bonchev–Trinajstić information content (AvgIpc) is 2.71. The van der Waals surface area contributed by atoms with Gasteiger partial charge in [0.15, 0.2) is 0 Å². The molecule has 3 heteroatoms. The van der Waals surface area contributed by atoms with Crippen LogP contribution in [0, 0.1) is 0 Å². The highest BCUT2D eigenvalue weighted by molar-refractivity contribution is 4.89. The summed E-state index contributed by atoms with van der Waals surface area (Å²) in [4.78, 5) is 2.39. The molecule has 2 rings (SSSR count). The third-order valence-electron chi connectivity index (χ3n) is 3.42. The van der Waals surface area contributed by atoms with Crippen LogP contribution in [-0.4, -0.2) is 48.5 Å². The lowest BCUT2D eigenvalue weighted by Crippen LogP contribution is -2.39. The van der Waals surface area contributed by atoms with Crippen LogP contribution in [0.1, 0.15) is 25.7 Å². The molecule has 0 amide bonds. The average molecular weight is 185 g/mol. The Balaban J connectivity index is 1.88. The Labute approximate surface area is 79.7 Å². The zero-order chi connectivity index (χ0) is 9.26. The van der Waals surface area contributed by atoms with E-state index in [1.807, 2.05) is 0 Å². The molecule has 1 heterocycles. The van der Waals surface area contributed by atoms with Gasteiger partial charge in [-0.1, -0.05) is 0 Å². The maximum atomic E-state index is 9.73. The van der Waals surface area contributed by atoms with Crippen molar-refractivity contribution in [3.05, 3.63) is 0 Å². The summed E-state index contributed by atoms with van der Waals surface area (Å²) in [6, 6.07) is 0.417. The number of nitrogens with zero attached hydrogens (tertiary/aromatic N) is 1. The predicted molar refractivity (Wildman–Crippen MR) is 50.6 cm³/mol. The van der Waals surface area contributed by atoms with E-state index in [0.717, 1.165) is 32.4 Å². The van der Waals surface area contributed by atoms with Gasteiger partial charge in [0, 0.05) is 26.2 Å². The van der Waals surface area contributed by atoms with E-state index in [9.17, 15) is 5.11 Å². The van der Waals surface area contributed by atoms with Gasteiger partial charge in [0.2, 0.25) is 0 Å². The van der Waals surface area contributed by atoms with E-state index in [0.29, 0.717) is 12.1 Å². The van der Waals surface area contributed by atoms with Crippen LogP contribution in [0.2, 0.25) is 0 Å². The third-order valence-corrected chi connectivity index (χ3v) is 3.42. The summed E-state index contributed by atoms with van der Waals surface area (Å²) in [6.45, 7) is 2.11. The quantitative estimate of drug-likeness (QED) is 0.684. The van der Waals surface area contributed by atoms with Gasteiger partial charge in [-0.25, -0.2) is 0 Å². The number of likely N-dealkylation sites (tertiary alicyclic amines) is 1. The van der Waals surface area contributed by atoms with E-state index >= 15 is 0 Å². The van der Waals surface area contributed by atoms with Gasteiger partial charge < -0.3 is 9.84 Å². The number of methoxy groups -OCH3 is 1. The molecule has 0 bridgehead atoms. The van der Waals surface area contributed by atoms with Crippen LogP contribution in [0.5, 0.6) is 0 Å². The summed E-state index contributed by atoms with van der Waals surface area (Å²) in [6.07, 6.45) is 4.76. The third kappa shape index (κ3) is 1.87. The van der Waals surface area contributed by atoms with Gasteiger partial charge in [-0.05, 0) is 25.7 Å². The molecule has 3 unspecified atom stereocenters. The van der Waals surface area contributed by atoms with Crippen molar-refractivity contribution in [3.8, 4) is 0 Å². The van der Waals surface area contributed by atoms with Crippen molar-refractivity contribution in [2.45, 2.75) is 43.9 Å². The van der Waals surface area contributed by atoms with Crippen molar-refractivity contribution in [1.29, 1.82) is 0 Å². The summed E-state index contributed by atoms with van der Waals surface area (Å²) in [5.41, 5.74) is 0. The summed E-state index contributed by atoms with van der Waals surface area (Å²) < 4.78 is 5.31. The van der Waals surface area contributed by atoms with Gasteiger partial charge in [-0.3, -0.25) is 4.90 Å². The summed E-state index contributed by atoms with van der Waals surface area (Å²) >= 11 is 0. The first kappa shape index (κ1) is 9.44. The summed E-state index contributed by atoms with van der Waals surface area (Å²) in [7, 11) is 1.78. The highest BCUT2D eigenvalue weighted by Crippen LogP contribution is 2.27. The molecule has 2 fully saturated rings. The molecule has 1 aliphatic heterocycles. The normalized spacial score (nSPS) is 41.5. The number of ether oxygens (including phenoxy) is 1. The van der Waals surface area contributed by atoms with Gasteiger partial charge in [-0.2, -0.15) is 0 Å². The molecule has 0 aromatic heterocycles. The Morgan fingerprint density at radius 3 is 2.69 bits per heavy atom. The van der Waals surface area contributed by atoms with E-state index in [-0.39, 0.29) is 6.10 Å². The molecule has 1 saturated heterocycles. The number of hydrogen-bond donors (Lipinski definition) is 1. The van der Waals surface area contributed by atoms with Crippen LogP contribution in [0.15, 0.2) is 0 Å². The van der Waals surface area contributed by atoms with E-state index in [1.165, 1.54) is 6.42 Å². The molecule has 0 aromatic carbocycles. The maximum Gasteiger partial charge on any atom is 0.0710 e. The lowest BCUT2D eigenvalue weighted by atomic mass is 10.2. The second-order valence-corrected chi connectivity index (χ2v) is 4.21. The summed E-state index contributed by atoms with van der Waals surface area (Å²) in [5.74, 6) is 0.